The number of rotatable bonds is 3. The molecule has 1 amide bonds. The van der Waals surface area contributed by atoms with Gasteiger partial charge in [-0.05, 0) is 49.7 Å². The van der Waals surface area contributed by atoms with Gasteiger partial charge < -0.3 is 14.8 Å². The Bertz CT molecular complexity index is 1040. The third-order valence-electron chi connectivity index (χ3n) is 4.12. The highest BCUT2D eigenvalue weighted by Crippen LogP contribution is 2.28. The number of hydrogen-bond donors (Lipinski definition) is 2. The van der Waals surface area contributed by atoms with Crippen molar-refractivity contribution in [2.45, 2.75) is 20.3 Å². The number of amides is 1. The van der Waals surface area contributed by atoms with Gasteiger partial charge >= 0.3 is 5.63 Å². The number of fused-ring (bicyclic) bond motifs is 1. The fraction of sp³-hybridized carbons (Fsp3) is 0.158. The first-order chi connectivity index (χ1) is 11.9. The van der Waals surface area contributed by atoms with E-state index in [1.807, 2.05) is 0 Å². The summed E-state index contributed by atoms with van der Waals surface area (Å²) in [5.41, 5.74) is 1.29. The Morgan fingerprint density at radius 1 is 1.20 bits per heavy atom. The third-order valence-corrected chi connectivity index (χ3v) is 4.12. The zero-order valence-electron chi connectivity index (χ0n) is 13.7. The molecule has 0 bridgehead atoms. The molecule has 6 heteroatoms. The predicted molar refractivity (Wildman–Crippen MR) is 92.4 cm³/mol. The van der Waals surface area contributed by atoms with Crippen molar-refractivity contribution in [2.24, 2.45) is 0 Å². The van der Waals surface area contributed by atoms with Gasteiger partial charge in [0.1, 0.15) is 17.1 Å². The van der Waals surface area contributed by atoms with Crippen molar-refractivity contribution >= 4 is 22.6 Å². The number of aryl methyl sites for hydroxylation is 2. The maximum Gasteiger partial charge on any atom is 0.340 e. The summed E-state index contributed by atoms with van der Waals surface area (Å²) >= 11 is 0. The minimum Gasteiger partial charge on any atom is -0.508 e. The Balaban J connectivity index is 1.95. The third kappa shape index (κ3) is 3.24. The second-order valence-corrected chi connectivity index (χ2v) is 5.81. The van der Waals surface area contributed by atoms with Crippen molar-refractivity contribution < 1.29 is 18.7 Å². The molecule has 0 spiro atoms. The Hall–Kier alpha value is -3.15. The standard InChI is InChI=1S/C19H16FNO4/c1-10-14-6-7-16(22)11(2)18(14)25-19(24)15(10)9-17(23)21-13-5-3-4-12(20)8-13/h3-8,22H,9H2,1-2H3,(H,21,23). The number of carbonyl (C=O) groups excluding carboxylic acids is 1. The molecule has 0 unspecified atom stereocenters. The van der Waals surface area contributed by atoms with Gasteiger partial charge in [0, 0.05) is 16.6 Å². The summed E-state index contributed by atoms with van der Waals surface area (Å²) in [7, 11) is 0. The van der Waals surface area contributed by atoms with Crippen molar-refractivity contribution in [3.8, 4) is 5.75 Å². The molecule has 5 nitrogen and oxygen atoms in total. The van der Waals surface area contributed by atoms with Gasteiger partial charge in [0.25, 0.3) is 0 Å². The average molecular weight is 341 g/mol. The largest absolute Gasteiger partial charge is 0.508 e. The summed E-state index contributed by atoms with van der Waals surface area (Å²) in [6.07, 6.45) is -0.194. The molecule has 0 saturated carbocycles. The van der Waals surface area contributed by atoms with Crippen molar-refractivity contribution in [1.82, 2.24) is 0 Å². The Morgan fingerprint density at radius 3 is 2.68 bits per heavy atom. The molecule has 1 heterocycles. The van der Waals surface area contributed by atoms with Crippen LogP contribution in [0.15, 0.2) is 45.6 Å². The highest BCUT2D eigenvalue weighted by atomic mass is 19.1. The van der Waals surface area contributed by atoms with Crippen LogP contribution in [-0.4, -0.2) is 11.0 Å². The first-order valence-electron chi connectivity index (χ1n) is 7.67. The molecule has 0 aliphatic carbocycles. The highest BCUT2D eigenvalue weighted by molar-refractivity contribution is 5.93. The first kappa shape index (κ1) is 16.7. The number of aromatic hydroxyl groups is 1. The number of halogens is 1. The summed E-state index contributed by atoms with van der Waals surface area (Å²) in [5.74, 6) is -0.878. The molecule has 128 valence electrons. The molecule has 25 heavy (non-hydrogen) atoms. The van der Waals surface area contributed by atoms with Crippen molar-refractivity contribution in [2.75, 3.05) is 5.32 Å². The second kappa shape index (κ2) is 6.39. The van der Waals surface area contributed by atoms with Crippen molar-refractivity contribution in [3.63, 3.8) is 0 Å². The van der Waals surface area contributed by atoms with Crippen LogP contribution >= 0.6 is 0 Å². The smallest absolute Gasteiger partial charge is 0.340 e. The Kier molecular flexibility index (Phi) is 4.27. The van der Waals surface area contributed by atoms with E-state index in [1.54, 1.807) is 26.0 Å². The van der Waals surface area contributed by atoms with Crippen LogP contribution in [0.25, 0.3) is 11.0 Å². The van der Waals surface area contributed by atoms with E-state index in [0.717, 1.165) is 0 Å². The van der Waals surface area contributed by atoms with Gasteiger partial charge in [-0.25, -0.2) is 9.18 Å². The van der Waals surface area contributed by atoms with E-state index in [2.05, 4.69) is 5.32 Å². The van der Waals surface area contributed by atoms with Crippen molar-refractivity contribution in [1.29, 1.82) is 0 Å². The molecule has 0 radical (unpaired) electrons. The Labute approximate surface area is 142 Å². The lowest BCUT2D eigenvalue weighted by Gasteiger charge is -2.10. The number of phenolic OH excluding ortho intramolecular Hbond substituents is 1. The lowest BCUT2D eigenvalue weighted by atomic mass is 10.0. The van der Waals surface area contributed by atoms with Crippen LogP contribution in [0.3, 0.4) is 0 Å². The van der Waals surface area contributed by atoms with E-state index >= 15 is 0 Å². The van der Waals surface area contributed by atoms with Gasteiger partial charge in [-0.15, -0.1) is 0 Å². The van der Waals surface area contributed by atoms with E-state index in [-0.39, 0.29) is 17.7 Å². The molecule has 0 aliphatic rings. The summed E-state index contributed by atoms with van der Waals surface area (Å²) in [6, 6.07) is 8.67. The van der Waals surface area contributed by atoms with Gasteiger partial charge in [0.15, 0.2) is 0 Å². The second-order valence-electron chi connectivity index (χ2n) is 5.81. The van der Waals surface area contributed by atoms with Crippen LogP contribution in [-0.2, 0) is 11.2 Å². The number of anilines is 1. The van der Waals surface area contributed by atoms with Crippen LogP contribution in [0.1, 0.15) is 16.7 Å². The van der Waals surface area contributed by atoms with Crippen LogP contribution < -0.4 is 10.9 Å². The number of nitrogens with one attached hydrogen (secondary N) is 1. The topological polar surface area (TPSA) is 79.5 Å². The van der Waals surface area contributed by atoms with Crippen LogP contribution in [0.5, 0.6) is 5.75 Å². The zero-order chi connectivity index (χ0) is 18.1. The van der Waals surface area contributed by atoms with E-state index < -0.39 is 17.3 Å². The summed E-state index contributed by atoms with van der Waals surface area (Å²) < 4.78 is 18.5. The lowest BCUT2D eigenvalue weighted by Crippen LogP contribution is -2.20. The summed E-state index contributed by atoms with van der Waals surface area (Å²) in [4.78, 5) is 24.5. The summed E-state index contributed by atoms with van der Waals surface area (Å²) in [5, 5.41) is 13.0. The van der Waals surface area contributed by atoms with E-state index in [0.29, 0.717) is 27.8 Å². The van der Waals surface area contributed by atoms with Crippen LogP contribution in [0.2, 0.25) is 0 Å². The predicted octanol–water partition coefficient (Wildman–Crippen LogP) is 3.44. The fourth-order valence-electron chi connectivity index (χ4n) is 2.71. The van der Waals surface area contributed by atoms with E-state index in [1.165, 1.54) is 24.3 Å². The summed E-state index contributed by atoms with van der Waals surface area (Å²) in [6.45, 7) is 3.37. The van der Waals surface area contributed by atoms with Gasteiger partial charge in [-0.3, -0.25) is 4.79 Å². The first-order valence-corrected chi connectivity index (χ1v) is 7.67. The van der Waals surface area contributed by atoms with Gasteiger partial charge in [-0.2, -0.15) is 0 Å². The molecule has 0 saturated heterocycles. The van der Waals surface area contributed by atoms with E-state index in [9.17, 15) is 19.1 Å². The van der Waals surface area contributed by atoms with Crippen molar-refractivity contribution in [3.05, 3.63) is 69.3 Å². The molecule has 0 atom stereocenters. The van der Waals surface area contributed by atoms with Crippen LogP contribution in [0.4, 0.5) is 10.1 Å². The SMILES string of the molecule is Cc1c(CC(=O)Nc2cccc(F)c2)c(=O)oc2c(C)c(O)ccc12. The van der Waals surface area contributed by atoms with E-state index in [4.69, 9.17) is 4.42 Å². The maximum atomic E-state index is 13.2. The van der Waals surface area contributed by atoms with Gasteiger partial charge in [-0.1, -0.05) is 6.07 Å². The molecule has 1 aromatic heterocycles. The molecule has 0 fully saturated rings. The zero-order valence-corrected chi connectivity index (χ0v) is 13.7. The fourth-order valence-corrected chi connectivity index (χ4v) is 2.71. The normalized spacial score (nSPS) is 10.8. The molecular weight excluding hydrogens is 325 g/mol. The van der Waals surface area contributed by atoms with Crippen LogP contribution in [0, 0.1) is 19.7 Å². The molecule has 3 rings (SSSR count). The molecular formula is C19H16FNO4. The molecule has 3 aromatic rings. The lowest BCUT2D eigenvalue weighted by molar-refractivity contribution is -0.115. The number of hydrogen-bond acceptors (Lipinski definition) is 4. The number of phenols is 1. The maximum absolute atomic E-state index is 13.2. The van der Waals surface area contributed by atoms with Gasteiger partial charge in [0.05, 0.1) is 12.0 Å². The average Bonchev–Trinajstić information content (AvgIpc) is 2.55. The molecule has 0 aliphatic heterocycles. The minimum absolute atomic E-state index is 0.0339. The minimum atomic E-state index is -0.631. The molecule has 2 N–H and O–H groups in total. The monoisotopic (exact) mass is 341 g/mol. The Morgan fingerprint density at radius 2 is 1.96 bits per heavy atom. The van der Waals surface area contributed by atoms with Gasteiger partial charge in [0.2, 0.25) is 5.91 Å². The quantitative estimate of drug-likeness (QED) is 0.715. The number of benzene rings is 2. The molecule has 2 aromatic carbocycles. The number of carbonyl (C=O) groups is 1. The highest BCUT2D eigenvalue weighted by Gasteiger charge is 2.17.